The maximum absolute atomic E-state index is 12.6. The Hall–Kier alpha value is -1.63. The van der Waals surface area contributed by atoms with Crippen molar-refractivity contribution >= 4 is 21.4 Å². The molecule has 1 rings (SSSR count). The molecule has 0 aliphatic rings. The molecule has 7 heteroatoms. The van der Waals surface area contributed by atoms with Gasteiger partial charge >= 0.3 is 0 Å². The molecule has 0 saturated carbocycles. The molecule has 5 nitrogen and oxygen atoms in total. The summed E-state index contributed by atoms with van der Waals surface area (Å²) in [5, 5.41) is 0. The second-order valence-electron chi connectivity index (χ2n) is 2.91. The number of amides is 1. The summed E-state index contributed by atoms with van der Waals surface area (Å²) >= 11 is 0. The number of nitrogen functional groups attached to an aromatic ring is 1. The van der Waals surface area contributed by atoms with Gasteiger partial charge in [-0.25, -0.2) is 12.8 Å². The molecule has 1 amide bonds. The Labute approximate surface area is 85.8 Å². The van der Waals surface area contributed by atoms with Crippen LogP contribution in [0.4, 0.5) is 10.1 Å². The van der Waals surface area contributed by atoms with Crippen molar-refractivity contribution in [3.05, 3.63) is 24.0 Å². The van der Waals surface area contributed by atoms with Gasteiger partial charge in [-0.05, 0) is 18.2 Å². The van der Waals surface area contributed by atoms with E-state index in [4.69, 9.17) is 11.5 Å². The van der Waals surface area contributed by atoms with Crippen LogP contribution in [0.5, 0.6) is 0 Å². The highest BCUT2D eigenvalue weighted by Gasteiger charge is 2.20. The van der Waals surface area contributed by atoms with Crippen molar-refractivity contribution < 1.29 is 17.6 Å². The average Bonchev–Trinajstić information content (AvgIpc) is 1.99. The van der Waals surface area contributed by atoms with Crippen LogP contribution in [0.2, 0.25) is 0 Å². The van der Waals surface area contributed by atoms with Gasteiger partial charge in [-0.3, -0.25) is 4.79 Å². The maximum Gasteiger partial charge on any atom is 0.233 e. The zero-order valence-corrected chi connectivity index (χ0v) is 8.42. The highest BCUT2D eigenvalue weighted by atomic mass is 32.2. The second-order valence-corrected chi connectivity index (χ2v) is 4.87. The number of carbonyl (C=O) groups is 1. The van der Waals surface area contributed by atoms with Crippen molar-refractivity contribution in [3.63, 3.8) is 0 Å². The minimum atomic E-state index is -3.87. The molecule has 0 aliphatic heterocycles. The third kappa shape index (κ3) is 2.66. The summed E-state index contributed by atoms with van der Waals surface area (Å²) in [5.74, 6) is -2.48. The van der Waals surface area contributed by atoms with Gasteiger partial charge < -0.3 is 11.5 Å². The molecule has 0 fully saturated rings. The lowest BCUT2D eigenvalue weighted by Gasteiger charge is -2.05. The van der Waals surface area contributed by atoms with Crippen molar-refractivity contribution in [1.82, 2.24) is 0 Å². The Bertz CT molecular complexity index is 499. The zero-order valence-electron chi connectivity index (χ0n) is 7.60. The van der Waals surface area contributed by atoms with E-state index in [0.29, 0.717) is 0 Å². The number of halogens is 1. The van der Waals surface area contributed by atoms with Crippen molar-refractivity contribution in [2.45, 2.75) is 4.90 Å². The predicted molar refractivity (Wildman–Crippen MR) is 52.1 cm³/mol. The van der Waals surface area contributed by atoms with E-state index in [-0.39, 0.29) is 10.6 Å². The monoisotopic (exact) mass is 232 g/mol. The minimum Gasteiger partial charge on any atom is -0.398 e. The third-order valence-corrected chi connectivity index (χ3v) is 3.35. The number of benzene rings is 1. The number of rotatable bonds is 3. The van der Waals surface area contributed by atoms with Crippen LogP contribution in [0, 0.1) is 5.82 Å². The first-order valence-electron chi connectivity index (χ1n) is 3.89. The number of primary amides is 1. The van der Waals surface area contributed by atoms with Crippen LogP contribution < -0.4 is 11.5 Å². The molecule has 1 aromatic carbocycles. The zero-order chi connectivity index (χ0) is 11.6. The average molecular weight is 232 g/mol. The summed E-state index contributed by atoms with van der Waals surface area (Å²) in [7, 11) is -3.87. The molecular formula is C8H9FN2O3S. The fourth-order valence-electron chi connectivity index (χ4n) is 1.07. The van der Waals surface area contributed by atoms with Gasteiger partial charge in [-0.1, -0.05) is 0 Å². The van der Waals surface area contributed by atoms with Gasteiger partial charge in [0, 0.05) is 0 Å². The highest BCUT2D eigenvalue weighted by Crippen LogP contribution is 2.20. The topological polar surface area (TPSA) is 103 Å². The highest BCUT2D eigenvalue weighted by molar-refractivity contribution is 7.92. The molecule has 0 spiro atoms. The first kappa shape index (κ1) is 11.4. The lowest BCUT2D eigenvalue weighted by atomic mass is 10.3. The normalized spacial score (nSPS) is 11.3. The molecule has 0 aliphatic carbocycles. The fraction of sp³-hybridized carbons (Fsp3) is 0.125. The van der Waals surface area contributed by atoms with Crippen LogP contribution in [-0.4, -0.2) is 20.1 Å². The van der Waals surface area contributed by atoms with Gasteiger partial charge in [-0.2, -0.15) is 0 Å². The second kappa shape index (κ2) is 3.85. The van der Waals surface area contributed by atoms with Crippen LogP contribution in [0.1, 0.15) is 0 Å². The molecule has 15 heavy (non-hydrogen) atoms. The standard InChI is InChI=1S/C8H9FN2O3S/c9-5-1-2-7(6(10)3-5)15(13,14)4-8(11)12/h1-3H,4,10H2,(H2,11,12). The molecular weight excluding hydrogens is 223 g/mol. The van der Waals surface area contributed by atoms with E-state index in [1.165, 1.54) is 0 Å². The molecule has 0 unspecified atom stereocenters. The quantitative estimate of drug-likeness (QED) is 0.550. The maximum atomic E-state index is 12.6. The number of hydrogen-bond acceptors (Lipinski definition) is 4. The lowest BCUT2D eigenvalue weighted by molar-refractivity contribution is -0.115. The predicted octanol–water partition coefficient (Wildman–Crippen LogP) is -0.333. The SMILES string of the molecule is NC(=O)CS(=O)(=O)c1ccc(F)cc1N. The summed E-state index contributed by atoms with van der Waals surface area (Å²) in [4.78, 5) is 10.2. The van der Waals surface area contributed by atoms with E-state index in [2.05, 4.69) is 0 Å². The minimum absolute atomic E-state index is 0.240. The number of nitrogens with two attached hydrogens (primary N) is 2. The number of anilines is 1. The van der Waals surface area contributed by atoms with Gasteiger partial charge in [0.1, 0.15) is 11.6 Å². The first-order valence-corrected chi connectivity index (χ1v) is 5.54. The molecule has 0 heterocycles. The van der Waals surface area contributed by atoms with E-state index < -0.39 is 27.3 Å². The van der Waals surface area contributed by atoms with Crippen LogP contribution >= 0.6 is 0 Å². The van der Waals surface area contributed by atoms with E-state index >= 15 is 0 Å². The summed E-state index contributed by atoms with van der Waals surface area (Å²) in [6, 6.07) is 2.82. The van der Waals surface area contributed by atoms with Crippen LogP contribution in [0.25, 0.3) is 0 Å². The Balaban J connectivity index is 3.22. The Morgan fingerprint density at radius 2 is 2.00 bits per heavy atom. The van der Waals surface area contributed by atoms with E-state index in [1.54, 1.807) is 0 Å². The summed E-state index contributed by atoms with van der Waals surface area (Å²) in [6.45, 7) is 0. The summed E-state index contributed by atoms with van der Waals surface area (Å²) in [5.41, 5.74) is 9.84. The molecule has 0 saturated heterocycles. The Kier molecular flexibility index (Phi) is 2.94. The third-order valence-electron chi connectivity index (χ3n) is 1.64. The van der Waals surface area contributed by atoms with Gasteiger partial charge in [0.2, 0.25) is 5.91 Å². The summed E-state index contributed by atoms with van der Waals surface area (Å²) < 4.78 is 35.6. The molecule has 0 bridgehead atoms. The molecule has 4 N–H and O–H groups in total. The van der Waals surface area contributed by atoms with E-state index in [9.17, 15) is 17.6 Å². The lowest BCUT2D eigenvalue weighted by Crippen LogP contribution is -2.23. The van der Waals surface area contributed by atoms with E-state index in [0.717, 1.165) is 18.2 Å². The van der Waals surface area contributed by atoms with Gasteiger partial charge in [0.25, 0.3) is 0 Å². The van der Waals surface area contributed by atoms with Crippen LogP contribution in [-0.2, 0) is 14.6 Å². The largest absolute Gasteiger partial charge is 0.398 e. The van der Waals surface area contributed by atoms with Crippen molar-refractivity contribution in [2.24, 2.45) is 5.73 Å². The molecule has 82 valence electrons. The molecule has 0 aromatic heterocycles. The summed E-state index contributed by atoms with van der Waals surface area (Å²) in [6.07, 6.45) is 0. The Morgan fingerprint density at radius 3 is 2.47 bits per heavy atom. The van der Waals surface area contributed by atoms with Gasteiger partial charge in [-0.15, -0.1) is 0 Å². The first-order chi connectivity index (χ1) is 6.83. The Morgan fingerprint density at radius 1 is 1.40 bits per heavy atom. The smallest absolute Gasteiger partial charge is 0.233 e. The van der Waals surface area contributed by atoms with Gasteiger partial charge in [0.05, 0.1) is 10.6 Å². The van der Waals surface area contributed by atoms with Crippen molar-refractivity contribution in [1.29, 1.82) is 0 Å². The van der Waals surface area contributed by atoms with Crippen LogP contribution in [0.15, 0.2) is 23.1 Å². The number of hydrogen-bond donors (Lipinski definition) is 2. The van der Waals surface area contributed by atoms with Crippen LogP contribution in [0.3, 0.4) is 0 Å². The van der Waals surface area contributed by atoms with Crippen molar-refractivity contribution in [2.75, 3.05) is 11.5 Å². The molecule has 0 atom stereocenters. The number of sulfone groups is 1. The molecule has 1 aromatic rings. The fourth-order valence-corrected chi connectivity index (χ4v) is 2.29. The molecule has 0 radical (unpaired) electrons. The van der Waals surface area contributed by atoms with Gasteiger partial charge in [0.15, 0.2) is 9.84 Å². The van der Waals surface area contributed by atoms with E-state index in [1.807, 2.05) is 0 Å². The number of carbonyl (C=O) groups excluding carboxylic acids is 1. The van der Waals surface area contributed by atoms with Crippen molar-refractivity contribution in [3.8, 4) is 0 Å².